The highest BCUT2D eigenvalue weighted by molar-refractivity contribution is 5.90. The maximum absolute atomic E-state index is 11.6. The molecule has 0 aromatic carbocycles. The number of hydrogen-bond donors (Lipinski definition) is 2. The number of ether oxygens (including phenoxy) is 1. The van der Waals surface area contributed by atoms with Gasteiger partial charge in [0.1, 0.15) is 17.1 Å². The molecule has 2 N–H and O–H groups in total. The number of rotatable bonds is 4. The van der Waals surface area contributed by atoms with Crippen molar-refractivity contribution in [1.29, 1.82) is 0 Å². The van der Waals surface area contributed by atoms with Gasteiger partial charge in [0.15, 0.2) is 0 Å². The SMILES string of the molecule is COC(=O)c1cc(CNC2CCCNC2=O)oc1C. The molecule has 1 atom stereocenters. The van der Waals surface area contributed by atoms with Gasteiger partial charge in [-0.25, -0.2) is 4.79 Å². The van der Waals surface area contributed by atoms with Gasteiger partial charge in [0, 0.05) is 6.54 Å². The quantitative estimate of drug-likeness (QED) is 0.786. The van der Waals surface area contributed by atoms with Gasteiger partial charge in [0.05, 0.1) is 19.7 Å². The number of furan rings is 1. The highest BCUT2D eigenvalue weighted by Crippen LogP contribution is 2.16. The molecule has 1 saturated heterocycles. The second-order valence-corrected chi connectivity index (χ2v) is 4.54. The van der Waals surface area contributed by atoms with Crippen molar-refractivity contribution in [2.75, 3.05) is 13.7 Å². The molecule has 2 rings (SSSR count). The zero-order chi connectivity index (χ0) is 13.8. The van der Waals surface area contributed by atoms with Crippen LogP contribution in [0.5, 0.6) is 0 Å². The van der Waals surface area contributed by atoms with Crippen molar-refractivity contribution in [1.82, 2.24) is 10.6 Å². The predicted octanol–water partition coefficient (Wildman–Crippen LogP) is 0.743. The van der Waals surface area contributed by atoms with Gasteiger partial charge >= 0.3 is 5.97 Å². The molecule has 6 nitrogen and oxygen atoms in total. The van der Waals surface area contributed by atoms with Crippen LogP contribution in [0.1, 0.15) is 34.7 Å². The number of carbonyl (C=O) groups is 2. The van der Waals surface area contributed by atoms with Crippen molar-refractivity contribution < 1.29 is 18.7 Å². The van der Waals surface area contributed by atoms with Crippen LogP contribution in [-0.2, 0) is 16.1 Å². The van der Waals surface area contributed by atoms with Crippen LogP contribution >= 0.6 is 0 Å². The summed E-state index contributed by atoms with van der Waals surface area (Å²) in [6.07, 6.45) is 1.78. The van der Waals surface area contributed by atoms with Gasteiger partial charge in [-0.15, -0.1) is 0 Å². The van der Waals surface area contributed by atoms with Crippen molar-refractivity contribution in [2.45, 2.75) is 32.4 Å². The average Bonchev–Trinajstić information content (AvgIpc) is 2.78. The van der Waals surface area contributed by atoms with Gasteiger partial charge in [-0.05, 0) is 25.8 Å². The fourth-order valence-electron chi connectivity index (χ4n) is 2.13. The highest BCUT2D eigenvalue weighted by atomic mass is 16.5. The van der Waals surface area contributed by atoms with Crippen molar-refractivity contribution in [3.63, 3.8) is 0 Å². The predicted molar refractivity (Wildman–Crippen MR) is 67.7 cm³/mol. The number of methoxy groups -OCH3 is 1. The average molecular weight is 266 g/mol. The van der Waals surface area contributed by atoms with Crippen LogP contribution in [0.25, 0.3) is 0 Å². The van der Waals surface area contributed by atoms with E-state index >= 15 is 0 Å². The Labute approximate surface area is 111 Å². The van der Waals surface area contributed by atoms with Crippen molar-refractivity contribution in [2.24, 2.45) is 0 Å². The number of hydrogen-bond acceptors (Lipinski definition) is 5. The number of carbonyl (C=O) groups excluding carboxylic acids is 2. The molecule has 0 aliphatic carbocycles. The molecule has 2 heterocycles. The molecule has 0 spiro atoms. The van der Waals surface area contributed by atoms with Crippen LogP contribution in [0.2, 0.25) is 0 Å². The minimum atomic E-state index is -0.414. The first kappa shape index (κ1) is 13.6. The van der Waals surface area contributed by atoms with Crippen LogP contribution in [0.3, 0.4) is 0 Å². The summed E-state index contributed by atoms with van der Waals surface area (Å²) >= 11 is 0. The third-order valence-electron chi connectivity index (χ3n) is 3.18. The Morgan fingerprint density at radius 1 is 1.63 bits per heavy atom. The molecular weight excluding hydrogens is 248 g/mol. The van der Waals surface area contributed by atoms with Crippen LogP contribution < -0.4 is 10.6 Å². The molecule has 0 bridgehead atoms. The Kier molecular flexibility index (Phi) is 4.21. The zero-order valence-corrected chi connectivity index (χ0v) is 11.1. The first-order chi connectivity index (χ1) is 9.11. The van der Waals surface area contributed by atoms with E-state index in [1.807, 2.05) is 0 Å². The van der Waals surface area contributed by atoms with Crippen LogP contribution in [-0.4, -0.2) is 31.6 Å². The molecule has 1 aliphatic rings. The summed E-state index contributed by atoms with van der Waals surface area (Å²) in [5.41, 5.74) is 0.424. The van der Waals surface area contributed by atoms with E-state index in [0.29, 0.717) is 23.6 Å². The van der Waals surface area contributed by atoms with Crippen LogP contribution in [0, 0.1) is 6.92 Å². The van der Waals surface area contributed by atoms with E-state index in [2.05, 4.69) is 15.4 Å². The normalized spacial score (nSPS) is 19.1. The first-order valence-corrected chi connectivity index (χ1v) is 6.30. The summed E-state index contributed by atoms with van der Waals surface area (Å²) in [5, 5.41) is 5.93. The molecule has 1 unspecified atom stereocenters. The summed E-state index contributed by atoms with van der Waals surface area (Å²) in [4.78, 5) is 23.0. The summed E-state index contributed by atoms with van der Waals surface area (Å²) in [7, 11) is 1.33. The lowest BCUT2D eigenvalue weighted by Crippen LogP contribution is -2.47. The topological polar surface area (TPSA) is 80.6 Å². The smallest absolute Gasteiger partial charge is 0.341 e. The summed E-state index contributed by atoms with van der Waals surface area (Å²) in [6.45, 7) is 2.86. The zero-order valence-electron chi connectivity index (χ0n) is 11.1. The Hall–Kier alpha value is -1.82. The Morgan fingerprint density at radius 3 is 3.11 bits per heavy atom. The van der Waals surface area contributed by atoms with E-state index in [0.717, 1.165) is 19.4 Å². The standard InChI is InChI=1S/C13H18N2O4/c1-8-10(13(17)18-2)6-9(19-8)7-15-11-4-3-5-14-12(11)16/h6,11,15H,3-5,7H2,1-2H3,(H,14,16). The second kappa shape index (κ2) is 5.88. The van der Waals surface area contributed by atoms with E-state index in [1.54, 1.807) is 13.0 Å². The summed E-state index contributed by atoms with van der Waals surface area (Å²) in [5.74, 6) is 0.749. The molecule has 0 radical (unpaired) electrons. The molecule has 6 heteroatoms. The molecule has 1 aliphatic heterocycles. The lowest BCUT2D eigenvalue weighted by molar-refractivity contribution is -0.124. The Bertz CT molecular complexity index is 481. The molecule has 1 fully saturated rings. The maximum atomic E-state index is 11.6. The number of nitrogens with one attached hydrogen (secondary N) is 2. The van der Waals surface area contributed by atoms with Crippen LogP contribution in [0.15, 0.2) is 10.5 Å². The third kappa shape index (κ3) is 3.14. The largest absolute Gasteiger partial charge is 0.465 e. The lowest BCUT2D eigenvalue weighted by Gasteiger charge is -2.22. The van der Waals surface area contributed by atoms with E-state index < -0.39 is 5.97 Å². The molecule has 1 amide bonds. The van der Waals surface area contributed by atoms with Crippen molar-refractivity contribution in [3.05, 3.63) is 23.2 Å². The fraction of sp³-hybridized carbons (Fsp3) is 0.538. The molecule has 104 valence electrons. The van der Waals surface area contributed by atoms with Gasteiger partial charge in [-0.3, -0.25) is 10.1 Å². The minimum absolute atomic E-state index is 0.0164. The van der Waals surface area contributed by atoms with Crippen molar-refractivity contribution >= 4 is 11.9 Å². The lowest BCUT2D eigenvalue weighted by atomic mass is 10.1. The summed E-state index contributed by atoms with van der Waals surface area (Å²) in [6, 6.07) is 1.45. The number of aryl methyl sites for hydroxylation is 1. The van der Waals surface area contributed by atoms with E-state index in [9.17, 15) is 9.59 Å². The van der Waals surface area contributed by atoms with Crippen molar-refractivity contribution in [3.8, 4) is 0 Å². The molecule has 19 heavy (non-hydrogen) atoms. The first-order valence-electron chi connectivity index (χ1n) is 6.30. The monoisotopic (exact) mass is 266 g/mol. The van der Waals surface area contributed by atoms with E-state index in [-0.39, 0.29) is 11.9 Å². The fourth-order valence-corrected chi connectivity index (χ4v) is 2.13. The molecule has 1 aromatic rings. The minimum Gasteiger partial charge on any atom is -0.465 e. The van der Waals surface area contributed by atoms with Gasteiger partial charge in [-0.1, -0.05) is 0 Å². The Balaban J connectivity index is 1.96. The van der Waals surface area contributed by atoms with Gasteiger partial charge in [0.25, 0.3) is 0 Å². The molecular formula is C13H18N2O4. The van der Waals surface area contributed by atoms with E-state index in [1.165, 1.54) is 7.11 Å². The van der Waals surface area contributed by atoms with Gasteiger partial charge < -0.3 is 14.5 Å². The molecule has 1 aromatic heterocycles. The van der Waals surface area contributed by atoms with E-state index in [4.69, 9.17) is 4.42 Å². The number of piperidine rings is 1. The number of amides is 1. The molecule has 0 saturated carbocycles. The maximum Gasteiger partial charge on any atom is 0.341 e. The third-order valence-corrected chi connectivity index (χ3v) is 3.18. The summed E-state index contributed by atoms with van der Waals surface area (Å²) < 4.78 is 10.1. The van der Waals surface area contributed by atoms with Crippen LogP contribution in [0.4, 0.5) is 0 Å². The van der Waals surface area contributed by atoms with Gasteiger partial charge in [0.2, 0.25) is 5.91 Å². The number of esters is 1. The van der Waals surface area contributed by atoms with Gasteiger partial charge in [-0.2, -0.15) is 0 Å². The highest BCUT2D eigenvalue weighted by Gasteiger charge is 2.22. The Morgan fingerprint density at radius 2 is 2.42 bits per heavy atom. The second-order valence-electron chi connectivity index (χ2n) is 4.54.